The van der Waals surface area contributed by atoms with Crippen LogP contribution >= 0.6 is 23.2 Å². The van der Waals surface area contributed by atoms with E-state index in [-0.39, 0.29) is 0 Å². The van der Waals surface area contributed by atoms with E-state index in [0.29, 0.717) is 40.4 Å². The minimum Gasteiger partial charge on any atom is -0.481 e. The van der Waals surface area contributed by atoms with Crippen LogP contribution in [0.25, 0.3) is 17.7 Å². The van der Waals surface area contributed by atoms with E-state index in [2.05, 4.69) is 10.1 Å². The predicted molar refractivity (Wildman–Crippen MR) is 99.6 cm³/mol. The largest absolute Gasteiger partial charge is 0.481 e. The zero-order valence-electron chi connectivity index (χ0n) is 13.9. The molecule has 1 saturated heterocycles. The summed E-state index contributed by atoms with van der Waals surface area (Å²) < 4.78 is 18.2. The lowest BCUT2D eigenvalue weighted by Gasteiger charge is -2.06. The third kappa shape index (κ3) is 3.17. The summed E-state index contributed by atoms with van der Waals surface area (Å²) in [5.41, 5.74) is 3.18. The van der Waals surface area contributed by atoms with Crippen LogP contribution in [-0.2, 0) is 9.47 Å². The summed E-state index contributed by atoms with van der Waals surface area (Å²) in [5, 5.41) is 5.53. The Bertz CT molecular complexity index is 961. The second-order valence-corrected chi connectivity index (χ2v) is 6.44. The van der Waals surface area contributed by atoms with Gasteiger partial charge in [0.15, 0.2) is 0 Å². The van der Waals surface area contributed by atoms with Crippen molar-refractivity contribution < 1.29 is 14.2 Å². The van der Waals surface area contributed by atoms with Crippen LogP contribution in [0, 0.1) is 0 Å². The van der Waals surface area contributed by atoms with Gasteiger partial charge in [-0.15, -0.1) is 0 Å². The van der Waals surface area contributed by atoms with E-state index >= 15 is 0 Å². The average molecular weight is 392 g/mol. The second kappa shape index (κ2) is 7.25. The summed E-state index contributed by atoms with van der Waals surface area (Å²) >= 11 is 12.4. The topological polar surface area (TPSA) is 57.9 Å². The Hall–Kier alpha value is -2.12. The molecule has 0 bridgehead atoms. The lowest BCUT2D eigenvalue weighted by Crippen LogP contribution is -2.01. The number of hydrogen-bond acceptors (Lipinski definition) is 5. The summed E-state index contributed by atoms with van der Waals surface area (Å²) in [6.45, 7) is 1.11. The van der Waals surface area contributed by atoms with Gasteiger partial charge in [-0.3, -0.25) is 4.98 Å². The molecule has 26 heavy (non-hydrogen) atoms. The summed E-state index contributed by atoms with van der Waals surface area (Å²) in [6, 6.07) is 5.71. The van der Waals surface area contributed by atoms with Gasteiger partial charge in [-0.05, 0) is 12.1 Å². The van der Waals surface area contributed by atoms with Crippen molar-refractivity contribution in [2.24, 2.45) is 0 Å². The van der Waals surface area contributed by atoms with Crippen LogP contribution in [0.2, 0.25) is 10.0 Å². The van der Waals surface area contributed by atoms with Crippen molar-refractivity contribution in [2.75, 3.05) is 20.3 Å². The van der Waals surface area contributed by atoms with Gasteiger partial charge in [-0.2, -0.15) is 5.10 Å². The Morgan fingerprint density at radius 2 is 1.88 bits per heavy atom. The Morgan fingerprint density at radius 1 is 1.15 bits per heavy atom. The molecule has 3 aromatic rings. The monoisotopic (exact) mass is 391 g/mol. The minimum atomic E-state index is -0.458. The lowest BCUT2D eigenvalue weighted by molar-refractivity contribution is -0.0474. The van der Waals surface area contributed by atoms with E-state index in [0.717, 1.165) is 11.1 Å². The summed E-state index contributed by atoms with van der Waals surface area (Å²) in [6.07, 6.45) is 6.43. The molecule has 0 atom stereocenters. The molecule has 8 heteroatoms. The van der Waals surface area contributed by atoms with Crippen LogP contribution in [0.1, 0.15) is 23.1 Å². The smallest absolute Gasteiger partial charge is 0.214 e. The lowest BCUT2D eigenvalue weighted by atomic mass is 10.1. The quantitative estimate of drug-likeness (QED) is 0.664. The first kappa shape index (κ1) is 17.3. The number of rotatable bonds is 4. The highest BCUT2D eigenvalue weighted by atomic mass is 35.5. The number of aromatic nitrogens is 3. The van der Waals surface area contributed by atoms with E-state index in [1.165, 1.54) is 0 Å². The SMILES string of the molecule is COc1ccc(C=Cc2c(Cl)cncc2Cl)c2cc(C3OCCO3)nn12. The highest BCUT2D eigenvalue weighted by molar-refractivity contribution is 6.37. The number of fused-ring (bicyclic) bond motifs is 1. The maximum atomic E-state index is 6.18. The van der Waals surface area contributed by atoms with E-state index in [1.807, 2.05) is 30.4 Å². The van der Waals surface area contributed by atoms with Crippen LogP contribution in [0.3, 0.4) is 0 Å². The standard InChI is InChI=1S/C18H15Cl2N3O3/c1-24-17-5-3-11(2-4-12-13(19)9-21-10-14(12)20)16-8-15(22-23(16)17)18-25-6-7-26-18/h2-5,8-10,18H,6-7H2,1H3. The first-order valence-corrected chi connectivity index (χ1v) is 8.70. The molecule has 1 aliphatic heterocycles. The van der Waals surface area contributed by atoms with E-state index in [4.69, 9.17) is 37.4 Å². The number of hydrogen-bond donors (Lipinski definition) is 0. The molecule has 1 fully saturated rings. The molecule has 0 aliphatic carbocycles. The summed E-state index contributed by atoms with van der Waals surface area (Å²) in [7, 11) is 1.60. The maximum absolute atomic E-state index is 6.18. The Labute approximate surface area is 159 Å². The van der Waals surface area contributed by atoms with Gasteiger partial charge in [-0.25, -0.2) is 4.52 Å². The Morgan fingerprint density at radius 3 is 2.58 bits per heavy atom. The molecule has 0 spiro atoms. The molecule has 134 valence electrons. The van der Waals surface area contributed by atoms with Gasteiger partial charge in [0, 0.05) is 29.6 Å². The van der Waals surface area contributed by atoms with Crippen LogP contribution in [-0.4, -0.2) is 34.9 Å². The molecular formula is C18H15Cl2N3O3. The van der Waals surface area contributed by atoms with Crippen molar-refractivity contribution in [1.82, 2.24) is 14.6 Å². The molecule has 0 amide bonds. The summed E-state index contributed by atoms with van der Waals surface area (Å²) in [4.78, 5) is 3.96. The van der Waals surface area contributed by atoms with Gasteiger partial charge in [0.25, 0.3) is 0 Å². The van der Waals surface area contributed by atoms with Gasteiger partial charge in [-0.1, -0.05) is 35.4 Å². The fourth-order valence-corrected chi connectivity index (χ4v) is 3.27. The zero-order valence-corrected chi connectivity index (χ0v) is 15.4. The molecule has 0 N–H and O–H groups in total. The number of nitrogens with zero attached hydrogens (tertiary/aromatic N) is 3. The van der Waals surface area contributed by atoms with Crippen LogP contribution < -0.4 is 4.74 Å². The fourth-order valence-electron chi connectivity index (χ4n) is 2.78. The molecule has 4 rings (SSSR count). The molecule has 0 saturated carbocycles. The number of halogens is 2. The molecule has 6 nitrogen and oxygen atoms in total. The van der Waals surface area contributed by atoms with Gasteiger partial charge in [0.2, 0.25) is 12.2 Å². The third-order valence-electron chi connectivity index (χ3n) is 4.03. The number of methoxy groups -OCH3 is 1. The molecule has 0 unspecified atom stereocenters. The van der Waals surface area contributed by atoms with Gasteiger partial charge < -0.3 is 14.2 Å². The van der Waals surface area contributed by atoms with Crippen LogP contribution in [0.5, 0.6) is 5.88 Å². The second-order valence-electron chi connectivity index (χ2n) is 5.62. The molecular weight excluding hydrogens is 377 g/mol. The van der Waals surface area contributed by atoms with Crippen molar-refractivity contribution in [1.29, 1.82) is 0 Å². The first-order valence-electron chi connectivity index (χ1n) is 7.94. The van der Waals surface area contributed by atoms with Crippen molar-refractivity contribution in [3.63, 3.8) is 0 Å². The molecule has 3 aromatic heterocycles. The molecule has 0 radical (unpaired) electrons. The van der Waals surface area contributed by atoms with Crippen molar-refractivity contribution in [3.05, 3.63) is 57.5 Å². The predicted octanol–water partition coefficient (Wildman–Crippen LogP) is 4.26. The molecule has 4 heterocycles. The van der Waals surface area contributed by atoms with Crippen molar-refractivity contribution >= 4 is 40.9 Å². The van der Waals surface area contributed by atoms with Gasteiger partial charge in [0.05, 0.1) is 35.9 Å². The maximum Gasteiger partial charge on any atom is 0.214 e. The minimum absolute atomic E-state index is 0.458. The molecule has 0 aromatic carbocycles. The highest BCUT2D eigenvalue weighted by Gasteiger charge is 2.22. The van der Waals surface area contributed by atoms with Crippen LogP contribution in [0.4, 0.5) is 0 Å². The average Bonchev–Trinajstić information content (AvgIpc) is 3.30. The Kier molecular flexibility index (Phi) is 4.82. The van der Waals surface area contributed by atoms with Gasteiger partial charge >= 0.3 is 0 Å². The van der Waals surface area contributed by atoms with E-state index < -0.39 is 6.29 Å². The van der Waals surface area contributed by atoms with E-state index in [1.54, 1.807) is 24.0 Å². The fraction of sp³-hybridized carbons (Fsp3) is 0.222. The first-order chi connectivity index (χ1) is 12.7. The summed E-state index contributed by atoms with van der Waals surface area (Å²) in [5.74, 6) is 0.612. The van der Waals surface area contributed by atoms with E-state index in [9.17, 15) is 0 Å². The normalized spacial score (nSPS) is 15.3. The Balaban J connectivity index is 1.78. The highest BCUT2D eigenvalue weighted by Crippen LogP contribution is 2.29. The third-order valence-corrected chi connectivity index (χ3v) is 4.63. The van der Waals surface area contributed by atoms with Crippen molar-refractivity contribution in [3.8, 4) is 5.88 Å². The van der Waals surface area contributed by atoms with Crippen LogP contribution in [0.15, 0.2) is 30.6 Å². The number of ether oxygens (including phenoxy) is 3. The van der Waals surface area contributed by atoms with Crippen molar-refractivity contribution in [2.45, 2.75) is 6.29 Å². The number of pyridine rings is 2. The molecule has 1 aliphatic rings. The van der Waals surface area contributed by atoms with Gasteiger partial charge in [0.1, 0.15) is 5.69 Å². The zero-order chi connectivity index (χ0) is 18.1.